The van der Waals surface area contributed by atoms with E-state index in [1.165, 1.54) is 19.1 Å². The summed E-state index contributed by atoms with van der Waals surface area (Å²) >= 11 is 6.25. The molecule has 190 valence electrons. The number of nitrogens with one attached hydrogen (secondary N) is 1. The molecule has 3 rings (SSSR count). The SMILES string of the molecule is Cc1ccc(S(=O)(=O)N(CC(=O)NCc2cccc(O[C@H](C)C(=O)O)c2)c2cccc(Cl)c2C)cc1. The maximum absolute atomic E-state index is 13.6. The Bertz CT molecular complexity index is 1360. The molecular formula is C26H27ClN2O6S. The Morgan fingerprint density at radius 2 is 1.72 bits per heavy atom. The third-order valence-corrected chi connectivity index (χ3v) is 7.64. The largest absolute Gasteiger partial charge is 0.479 e. The lowest BCUT2D eigenvalue weighted by Gasteiger charge is -2.26. The minimum atomic E-state index is -4.08. The van der Waals surface area contributed by atoms with E-state index in [0.29, 0.717) is 27.6 Å². The zero-order chi connectivity index (χ0) is 26.5. The number of nitrogens with zero attached hydrogens (tertiary/aromatic N) is 1. The van der Waals surface area contributed by atoms with Crippen molar-refractivity contribution in [2.24, 2.45) is 0 Å². The average molecular weight is 531 g/mol. The zero-order valence-corrected chi connectivity index (χ0v) is 21.6. The van der Waals surface area contributed by atoms with E-state index in [9.17, 15) is 18.0 Å². The Morgan fingerprint density at radius 3 is 2.39 bits per heavy atom. The van der Waals surface area contributed by atoms with Crippen LogP contribution in [0, 0.1) is 13.8 Å². The minimum absolute atomic E-state index is 0.0534. The molecule has 0 radical (unpaired) electrons. The number of benzene rings is 3. The summed E-state index contributed by atoms with van der Waals surface area (Å²) in [7, 11) is -4.08. The van der Waals surface area contributed by atoms with Crippen molar-refractivity contribution in [2.75, 3.05) is 10.8 Å². The van der Waals surface area contributed by atoms with Gasteiger partial charge in [0.05, 0.1) is 10.6 Å². The van der Waals surface area contributed by atoms with Crippen molar-refractivity contribution in [3.05, 3.63) is 88.4 Å². The fourth-order valence-corrected chi connectivity index (χ4v) is 5.02. The number of aryl methyl sites for hydroxylation is 1. The molecule has 1 amide bonds. The fourth-order valence-electron chi connectivity index (χ4n) is 3.37. The maximum atomic E-state index is 13.6. The molecule has 2 N–H and O–H groups in total. The second-order valence-electron chi connectivity index (χ2n) is 8.23. The van der Waals surface area contributed by atoms with Gasteiger partial charge in [-0.3, -0.25) is 9.10 Å². The number of ether oxygens (including phenoxy) is 1. The number of sulfonamides is 1. The van der Waals surface area contributed by atoms with Gasteiger partial charge in [-0.15, -0.1) is 0 Å². The first-order valence-corrected chi connectivity index (χ1v) is 12.9. The van der Waals surface area contributed by atoms with Gasteiger partial charge >= 0.3 is 5.97 Å². The molecule has 0 fully saturated rings. The molecule has 0 aliphatic rings. The van der Waals surface area contributed by atoms with Crippen molar-refractivity contribution in [1.82, 2.24) is 5.32 Å². The standard InChI is InChI=1S/C26H27ClN2O6S/c1-17-10-12-22(13-11-17)36(33,34)29(24-9-5-8-23(27)18(24)2)16-25(30)28-15-20-6-4-7-21(14-20)35-19(3)26(31)32/h4-14,19H,15-16H2,1-3H3,(H,28,30)(H,31,32)/t19-/m1/s1. The Kier molecular flexibility index (Phi) is 8.60. The van der Waals surface area contributed by atoms with Crippen molar-refractivity contribution in [1.29, 1.82) is 0 Å². The van der Waals surface area contributed by atoms with Crippen LogP contribution in [0.15, 0.2) is 71.6 Å². The molecule has 0 aliphatic heterocycles. The molecule has 0 bridgehead atoms. The van der Waals surface area contributed by atoms with E-state index in [1.54, 1.807) is 61.5 Å². The molecule has 0 heterocycles. The van der Waals surface area contributed by atoms with Crippen LogP contribution in [0.5, 0.6) is 5.75 Å². The van der Waals surface area contributed by atoms with Gasteiger partial charge in [-0.1, -0.05) is 47.5 Å². The molecule has 10 heteroatoms. The lowest BCUT2D eigenvalue weighted by Crippen LogP contribution is -2.41. The fraction of sp³-hybridized carbons (Fsp3) is 0.231. The first-order chi connectivity index (χ1) is 17.0. The molecule has 8 nitrogen and oxygen atoms in total. The number of rotatable bonds is 10. The van der Waals surface area contributed by atoms with Crippen LogP contribution in [-0.4, -0.2) is 38.0 Å². The van der Waals surface area contributed by atoms with Crippen LogP contribution in [0.4, 0.5) is 5.69 Å². The lowest BCUT2D eigenvalue weighted by atomic mass is 10.2. The number of hydrogen-bond acceptors (Lipinski definition) is 5. The summed E-state index contributed by atoms with van der Waals surface area (Å²) < 4.78 is 33.5. The van der Waals surface area contributed by atoms with Gasteiger partial charge in [0.2, 0.25) is 5.91 Å². The van der Waals surface area contributed by atoms with Crippen LogP contribution in [-0.2, 0) is 26.2 Å². The number of amides is 1. The van der Waals surface area contributed by atoms with Crippen LogP contribution < -0.4 is 14.4 Å². The number of carboxylic acids is 1. The Morgan fingerprint density at radius 1 is 1.06 bits per heavy atom. The number of carbonyl (C=O) groups is 2. The molecule has 0 spiro atoms. The number of carbonyl (C=O) groups excluding carboxylic acids is 1. The minimum Gasteiger partial charge on any atom is -0.479 e. The molecule has 0 aromatic heterocycles. The predicted molar refractivity (Wildman–Crippen MR) is 138 cm³/mol. The number of anilines is 1. The normalized spacial score (nSPS) is 12.0. The first-order valence-electron chi connectivity index (χ1n) is 11.1. The van der Waals surface area contributed by atoms with E-state index in [1.807, 2.05) is 6.92 Å². The molecule has 1 atom stereocenters. The van der Waals surface area contributed by atoms with E-state index in [-0.39, 0.29) is 11.4 Å². The van der Waals surface area contributed by atoms with Gasteiger partial charge in [0.15, 0.2) is 6.10 Å². The average Bonchev–Trinajstić information content (AvgIpc) is 2.83. The molecule has 36 heavy (non-hydrogen) atoms. The lowest BCUT2D eigenvalue weighted by molar-refractivity contribution is -0.144. The van der Waals surface area contributed by atoms with Crippen molar-refractivity contribution in [3.8, 4) is 5.75 Å². The third-order valence-electron chi connectivity index (χ3n) is 5.45. The highest BCUT2D eigenvalue weighted by atomic mass is 35.5. The molecule has 0 aliphatic carbocycles. The second-order valence-corrected chi connectivity index (χ2v) is 10.5. The van der Waals surface area contributed by atoms with Crippen LogP contribution in [0.1, 0.15) is 23.6 Å². The van der Waals surface area contributed by atoms with Crippen molar-refractivity contribution < 1.29 is 27.9 Å². The smallest absolute Gasteiger partial charge is 0.344 e. The van der Waals surface area contributed by atoms with E-state index >= 15 is 0 Å². The van der Waals surface area contributed by atoms with Crippen molar-refractivity contribution >= 4 is 39.2 Å². The summed E-state index contributed by atoms with van der Waals surface area (Å²) in [6, 6.07) is 17.9. The topological polar surface area (TPSA) is 113 Å². The highest BCUT2D eigenvalue weighted by Gasteiger charge is 2.28. The van der Waals surface area contributed by atoms with E-state index < -0.39 is 34.5 Å². The maximum Gasteiger partial charge on any atom is 0.344 e. The molecule has 3 aromatic rings. The highest BCUT2D eigenvalue weighted by Crippen LogP contribution is 2.31. The summed E-state index contributed by atoms with van der Waals surface area (Å²) in [5.74, 6) is -1.29. The molecule has 3 aromatic carbocycles. The van der Waals surface area contributed by atoms with Crippen LogP contribution in [0.3, 0.4) is 0 Å². The van der Waals surface area contributed by atoms with Gasteiger partial charge in [-0.25, -0.2) is 13.2 Å². The van der Waals surface area contributed by atoms with Crippen LogP contribution in [0.2, 0.25) is 5.02 Å². The zero-order valence-electron chi connectivity index (χ0n) is 20.1. The Labute approximate surface area is 215 Å². The Balaban J connectivity index is 1.82. The summed E-state index contributed by atoms with van der Waals surface area (Å²) in [5, 5.41) is 12.1. The van der Waals surface area contributed by atoms with Gasteiger partial charge in [-0.2, -0.15) is 0 Å². The van der Waals surface area contributed by atoms with Crippen LogP contribution in [0.25, 0.3) is 0 Å². The summed E-state index contributed by atoms with van der Waals surface area (Å²) in [4.78, 5) is 24.0. The number of halogens is 1. The number of aliphatic carboxylic acids is 1. The monoisotopic (exact) mass is 530 g/mol. The molecular weight excluding hydrogens is 504 g/mol. The van der Waals surface area contributed by atoms with Gasteiger partial charge in [0, 0.05) is 11.6 Å². The molecule has 0 saturated carbocycles. The van der Waals surface area contributed by atoms with Crippen molar-refractivity contribution in [3.63, 3.8) is 0 Å². The third kappa shape index (κ3) is 6.56. The van der Waals surface area contributed by atoms with Crippen molar-refractivity contribution in [2.45, 2.75) is 38.3 Å². The van der Waals surface area contributed by atoms with Crippen LogP contribution >= 0.6 is 11.6 Å². The molecule has 0 unspecified atom stereocenters. The Hall–Kier alpha value is -3.56. The van der Waals surface area contributed by atoms with Gasteiger partial charge in [0.25, 0.3) is 10.0 Å². The molecule has 0 saturated heterocycles. The summed E-state index contributed by atoms with van der Waals surface area (Å²) in [5.41, 5.74) is 2.39. The highest BCUT2D eigenvalue weighted by molar-refractivity contribution is 7.92. The van der Waals surface area contributed by atoms with Gasteiger partial charge < -0.3 is 15.2 Å². The first kappa shape index (κ1) is 27.0. The summed E-state index contributed by atoms with van der Waals surface area (Å²) in [6.45, 7) is 4.58. The predicted octanol–water partition coefficient (Wildman–Crippen LogP) is 4.32. The quantitative estimate of drug-likeness (QED) is 0.403. The van der Waals surface area contributed by atoms with E-state index in [2.05, 4.69) is 5.32 Å². The number of hydrogen-bond donors (Lipinski definition) is 2. The number of carboxylic acid groups (broad SMARTS) is 1. The summed E-state index contributed by atoms with van der Waals surface area (Å²) in [6.07, 6.45) is -1.03. The van der Waals surface area contributed by atoms with E-state index in [4.69, 9.17) is 21.4 Å². The van der Waals surface area contributed by atoms with E-state index in [0.717, 1.165) is 9.87 Å². The second kappa shape index (κ2) is 11.5. The van der Waals surface area contributed by atoms with Gasteiger partial charge in [0.1, 0.15) is 12.3 Å². The van der Waals surface area contributed by atoms with Gasteiger partial charge in [-0.05, 0) is 68.3 Å².